The summed E-state index contributed by atoms with van der Waals surface area (Å²) in [4.78, 5) is 18.5. The van der Waals surface area contributed by atoms with Crippen LogP contribution in [-0.4, -0.2) is 47.5 Å². The summed E-state index contributed by atoms with van der Waals surface area (Å²) < 4.78 is 3.15. The molecule has 0 fully saturated rings. The minimum atomic E-state index is 0. The van der Waals surface area contributed by atoms with E-state index in [-0.39, 0.29) is 35.9 Å². The molecule has 8 heteroatoms. The minimum absolute atomic E-state index is 0. The van der Waals surface area contributed by atoms with E-state index in [1.807, 2.05) is 34.1 Å². The molecule has 0 aliphatic rings. The molecule has 0 aliphatic carbocycles. The summed E-state index contributed by atoms with van der Waals surface area (Å²) in [6.07, 6.45) is 3.38. The summed E-state index contributed by atoms with van der Waals surface area (Å²) in [5.41, 5.74) is 1.18. The maximum absolute atomic E-state index is 11.8. The molecule has 1 unspecified atom stereocenters. The SMILES string of the molecule is CCNC(=NCCC(=O)NC(C)CC)N(C)Cc1cc(Br)cn1C.I. The molecule has 1 aromatic heterocycles. The molecule has 2 N–H and O–H groups in total. The average molecular weight is 528 g/mol. The van der Waals surface area contributed by atoms with Crippen LogP contribution in [0, 0.1) is 0 Å². The molecule has 0 radical (unpaired) electrons. The molecule has 25 heavy (non-hydrogen) atoms. The van der Waals surface area contributed by atoms with Crippen LogP contribution < -0.4 is 10.6 Å². The third-order valence-corrected chi connectivity index (χ3v) is 4.22. The van der Waals surface area contributed by atoms with Gasteiger partial charge in [-0.05, 0) is 42.3 Å². The highest BCUT2D eigenvalue weighted by atomic mass is 127. The van der Waals surface area contributed by atoms with Crippen molar-refractivity contribution >= 4 is 51.8 Å². The summed E-state index contributed by atoms with van der Waals surface area (Å²) in [5, 5.41) is 6.24. The van der Waals surface area contributed by atoms with E-state index in [4.69, 9.17) is 0 Å². The highest BCUT2D eigenvalue weighted by Crippen LogP contribution is 2.14. The maximum atomic E-state index is 11.8. The van der Waals surface area contributed by atoms with E-state index < -0.39 is 0 Å². The Morgan fingerprint density at radius 2 is 2.12 bits per heavy atom. The number of aliphatic imine (C=N–C) groups is 1. The van der Waals surface area contributed by atoms with E-state index in [9.17, 15) is 4.79 Å². The van der Waals surface area contributed by atoms with Gasteiger partial charge in [-0.2, -0.15) is 0 Å². The van der Waals surface area contributed by atoms with Crippen molar-refractivity contribution in [3.05, 3.63) is 22.4 Å². The average Bonchev–Trinajstić information content (AvgIpc) is 2.83. The molecule has 0 aromatic carbocycles. The van der Waals surface area contributed by atoms with Crippen LogP contribution in [0.5, 0.6) is 0 Å². The fourth-order valence-electron chi connectivity index (χ4n) is 2.22. The normalized spacial score (nSPS) is 12.3. The number of carbonyl (C=O) groups excluding carboxylic acids is 1. The van der Waals surface area contributed by atoms with Gasteiger partial charge in [-0.1, -0.05) is 6.92 Å². The van der Waals surface area contributed by atoms with Crippen LogP contribution in [0.25, 0.3) is 0 Å². The van der Waals surface area contributed by atoms with Crippen LogP contribution in [0.15, 0.2) is 21.7 Å². The van der Waals surface area contributed by atoms with E-state index in [1.54, 1.807) is 0 Å². The first kappa shape index (κ1) is 24.2. The van der Waals surface area contributed by atoms with E-state index in [1.165, 1.54) is 5.69 Å². The third kappa shape index (κ3) is 8.94. The van der Waals surface area contributed by atoms with E-state index in [0.29, 0.717) is 13.0 Å². The molecule has 144 valence electrons. The second-order valence-corrected chi connectivity index (χ2v) is 6.89. The molecule has 6 nitrogen and oxygen atoms in total. The molecule has 1 heterocycles. The fraction of sp³-hybridized carbons (Fsp3) is 0.647. The van der Waals surface area contributed by atoms with Crippen molar-refractivity contribution in [2.45, 2.75) is 46.2 Å². The lowest BCUT2D eigenvalue weighted by Gasteiger charge is -2.22. The van der Waals surface area contributed by atoms with Gasteiger partial charge in [-0.15, -0.1) is 24.0 Å². The molecule has 0 bridgehead atoms. The van der Waals surface area contributed by atoms with Gasteiger partial charge in [0.1, 0.15) is 0 Å². The van der Waals surface area contributed by atoms with Gasteiger partial charge in [-0.25, -0.2) is 0 Å². The lowest BCUT2D eigenvalue weighted by molar-refractivity contribution is -0.121. The number of rotatable bonds is 8. The zero-order valence-corrected chi connectivity index (χ0v) is 19.7. The number of aromatic nitrogens is 1. The van der Waals surface area contributed by atoms with Gasteiger partial charge in [-0.3, -0.25) is 9.79 Å². The Balaban J connectivity index is 0.00000576. The lowest BCUT2D eigenvalue weighted by atomic mass is 10.2. The van der Waals surface area contributed by atoms with Crippen molar-refractivity contribution in [2.75, 3.05) is 20.1 Å². The topological polar surface area (TPSA) is 61.7 Å². The van der Waals surface area contributed by atoms with Crippen molar-refractivity contribution in [3.63, 3.8) is 0 Å². The number of hydrogen-bond acceptors (Lipinski definition) is 2. The second kappa shape index (κ2) is 12.6. The Morgan fingerprint density at radius 3 is 2.64 bits per heavy atom. The quantitative estimate of drug-likeness (QED) is 0.310. The van der Waals surface area contributed by atoms with Crippen molar-refractivity contribution in [1.29, 1.82) is 0 Å². The number of guanidine groups is 1. The molecule has 1 aromatic rings. The van der Waals surface area contributed by atoms with Crippen LogP contribution in [0.2, 0.25) is 0 Å². The smallest absolute Gasteiger partial charge is 0.222 e. The maximum Gasteiger partial charge on any atom is 0.222 e. The zero-order valence-electron chi connectivity index (χ0n) is 15.8. The van der Waals surface area contributed by atoms with Crippen LogP contribution >= 0.6 is 39.9 Å². The highest BCUT2D eigenvalue weighted by Gasteiger charge is 2.10. The second-order valence-electron chi connectivity index (χ2n) is 5.98. The number of nitrogens with one attached hydrogen (secondary N) is 2. The number of halogens is 2. The summed E-state index contributed by atoms with van der Waals surface area (Å²) in [6.45, 7) is 8.12. The minimum Gasteiger partial charge on any atom is -0.357 e. The van der Waals surface area contributed by atoms with Gasteiger partial charge < -0.3 is 20.1 Å². The first-order valence-electron chi connectivity index (χ1n) is 8.46. The van der Waals surface area contributed by atoms with E-state index in [0.717, 1.165) is 29.9 Å². The van der Waals surface area contributed by atoms with Crippen molar-refractivity contribution in [1.82, 2.24) is 20.1 Å². The Bertz CT molecular complexity index is 561. The Morgan fingerprint density at radius 1 is 1.44 bits per heavy atom. The standard InChI is InChI=1S/C17H30BrN5O.HI/c1-6-13(3)21-16(24)8-9-20-17(19-7-2)23(5)12-15-10-14(18)11-22(15)4;/h10-11,13H,6-9,12H2,1-5H3,(H,19,20)(H,21,24);1H. The molecular formula is C17H31BrIN5O. The van der Waals surface area contributed by atoms with Crippen molar-refractivity contribution < 1.29 is 4.79 Å². The largest absolute Gasteiger partial charge is 0.357 e. The van der Waals surface area contributed by atoms with Gasteiger partial charge in [0.05, 0.1) is 13.1 Å². The Labute approximate surface area is 177 Å². The van der Waals surface area contributed by atoms with Crippen LogP contribution in [-0.2, 0) is 18.4 Å². The zero-order chi connectivity index (χ0) is 18.1. The van der Waals surface area contributed by atoms with E-state index in [2.05, 4.69) is 54.0 Å². The number of carbonyl (C=O) groups is 1. The summed E-state index contributed by atoms with van der Waals surface area (Å²) in [5.74, 6) is 0.865. The summed E-state index contributed by atoms with van der Waals surface area (Å²) in [7, 11) is 4.03. The van der Waals surface area contributed by atoms with Crippen LogP contribution in [0.3, 0.4) is 0 Å². The molecule has 0 saturated carbocycles. The number of aryl methyl sites for hydroxylation is 1. The van der Waals surface area contributed by atoms with Gasteiger partial charge in [0.2, 0.25) is 5.91 Å². The predicted octanol–water partition coefficient (Wildman–Crippen LogP) is 3.11. The molecule has 0 saturated heterocycles. The Hall–Kier alpha value is -0.770. The van der Waals surface area contributed by atoms with Gasteiger partial charge >= 0.3 is 0 Å². The van der Waals surface area contributed by atoms with Gasteiger partial charge in [0, 0.05) is 49.5 Å². The van der Waals surface area contributed by atoms with Crippen molar-refractivity contribution in [3.8, 4) is 0 Å². The first-order chi connectivity index (χ1) is 11.4. The lowest BCUT2D eigenvalue weighted by Crippen LogP contribution is -2.39. The molecule has 1 rings (SSSR count). The predicted molar refractivity (Wildman–Crippen MR) is 118 cm³/mol. The summed E-state index contributed by atoms with van der Waals surface area (Å²) in [6, 6.07) is 2.31. The monoisotopic (exact) mass is 527 g/mol. The third-order valence-electron chi connectivity index (χ3n) is 3.79. The Kier molecular flexibility index (Phi) is 12.2. The molecule has 0 aliphatic heterocycles. The molecule has 0 spiro atoms. The van der Waals surface area contributed by atoms with Crippen molar-refractivity contribution in [2.24, 2.45) is 12.0 Å². The van der Waals surface area contributed by atoms with E-state index >= 15 is 0 Å². The molecule has 1 atom stereocenters. The molecular weight excluding hydrogens is 497 g/mol. The number of hydrogen-bond donors (Lipinski definition) is 2. The fourth-order valence-corrected chi connectivity index (χ4v) is 2.79. The van der Waals surface area contributed by atoms with Gasteiger partial charge in [0.15, 0.2) is 5.96 Å². The van der Waals surface area contributed by atoms with Crippen LogP contribution in [0.4, 0.5) is 0 Å². The van der Waals surface area contributed by atoms with Gasteiger partial charge in [0.25, 0.3) is 0 Å². The van der Waals surface area contributed by atoms with Crippen LogP contribution in [0.1, 0.15) is 39.3 Å². The number of nitrogens with zero attached hydrogens (tertiary/aromatic N) is 3. The highest BCUT2D eigenvalue weighted by molar-refractivity contribution is 14.0. The first-order valence-corrected chi connectivity index (χ1v) is 9.26. The molecule has 1 amide bonds. The summed E-state index contributed by atoms with van der Waals surface area (Å²) >= 11 is 3.49. The number of amides is 1.